The lowest BCUT2D eigenvalue weighted by Crippen LogP contribution is -2.57. The van der Waals surface area contributed by atoms with E-state index in [2.05, 4.69) is 25.7 Å². The lowest BCUT2D eigenvalue weighted by molar-refractivity contribution is -0.253. The summed E-state index contributed by atoms with van der Waals surface area (Å²) in [5, 5.41) is 17.6. The number of ether oxygens (including phenoxy) is 1. The number of halogens is 6. The molecule has 0 radical (unpaired) electrons. The van der Waals surface area contributed by atoms with Crippen LogP contribution in [0.15, 0.2) is 66.9 Å². The van der Waals surface area contributed by atoms with Crippen molar-refractivity contribution in [2.45, 2.75) is 81.9 Å². The molecular formula is C35H38ClF5N4O5. The highest BCUT2D eigenvalue weighted by Gasteiger charge is 2.45. The van der Waals surface area contributed by atoms with Crippen molar-refractivity contribution >= 4 is 29.5 Å². The highest BCUT2D eigenvalue weighted by molar-refractivity contribution is 6.30. The van der Waals surface area contributed by atoms with Gasteiger partial charge >= 0.3 is 24.5 Å². The van der Waals surface area contributed by atoms with Crippen LogP contribution in [-0.2, 0) is 21.5 Å². The molecule has 270 valence electrons. The van der Waals surface area contributed by atoms with Gasteiger partial charge in [-0.05, 0) is 61.1 Å². The summed E-state index contributed by atoms with van der Waals surface area (Å²) in [6.45, 7) is 0.338. The summed E-state index contributed by atoms with van der Waals surface area (Å²) in [5.41, 5.74) is -1.24. The van der Waals surface area contributed by atoms with Gasteiger partial charge in [0.05, 0.1) is 16.6 Å². The van der Waals surface area contributed by atoms with Gasteiger partial charge in [-0.25, -0.2) is 9.18 Å². The smallest absolute Gasteiger partial charge is 0.461 e. The minimum absolute atomic E-state index is 0.0428. The van der Waals surface area contributed by atoms with E-state index in [9.17, 15) is 31.9 Å². The van der Waals surface area contributed by atoms with Crippen LogP contribution in [0, 0.1) is 11.7 Å². The normalized spacial score (nSPS) is 17.4. The third-order valence-electron chi connectivity index (χ3n) is 8.46. The molecule has 1 heterocycles. The number of aromatic nitrogens is 1. The van der Waals surface area contributed by atoms with E-state index < -0.39 is 53.6 Å². The number of pyridine rings is 1. The molecule has 1 aromatic heterocycles. The van der Waals surface area contributed by atoms with Crippen molar-refractivity contribution in [3.63, 3.8) is 0 Å². The first kappa shape index (κ1) is 38.3. The van der Waals surface area contributed by atoms with Crippen LogP contribution in [0.25, 0.3) is 0 Å². The number of aliphatic carboxylic acids is 1. The number of carboxylic acid groups (broad SMARTS) is 1. The third kappa shape index (κ3) is 10.5. The number of alkyl halides is 4. The maximum atomic E-state index is 15.2. The van der Waals surface area contributed by atoms with E-state index in [0.29, 0.717) is 50.3 Å². The van der Waals surface area contributed by atoms with E-state index in [4.69, 9.17) is 16.7 Å². The molecule has 0 unspecified atom stereocenters. The van der Waals surface area contributed by atoms with E-state index in [-0.39, 0.29) is 35.0 Å². The SMILES string of the molecule is O=C(O)CCCCCNC(=O)[C@H]1CCCC[C@H]1NC(=O)N[C@@](Cc1ccccc1)(c1cc(F)cc(OC(F)(F)C(F)F)c1)c1ccc(Cl)cn1. The summed E-state index contributed by atoms with van der Waals surface area (Å²) in [6.07, 6.45) is -3.81. The molecule has 3 aromatic rings. The molecule has 4 rings (SSSR count). The van der Waals surface area contributed by atoms with Crippen molar-refractivity contribution in [1.82, 2.24) is 20.9 Å². The molecule has 2 aromatic carbocycles. The van der Waals surface area contributed by atoms with Crippen LogP contribution in [0.4, 0.5) is 26.7 Å². The second kappa shape index (κ2) is 17.5. The van der Waals surface area contributed by atoms with E-state index in [1.165, 1.54) is 18.3 Å². The van der Waals surface area contributed by atoms with Gasteiger partial charge in [-0.2, -0.15) is 17.6 Å². The molecule has 0 bridgehead atoms. The Bertz CT molecular complexity index is 1600. The van der Waals surface area contributed by atoms with Gasteiger partial charge in [0.25, 0.3) is 0 Å². The van der Waals surface area contributed by atoms with Crippen molar-refractivity contribution in [2.24, 2.45) is 5.92 Å². The third-order valence-corrected chi connectivity index (χ3v) is 8.69. The number of urea groups is 1. The van der Waals surface area contributed by atoms with Crippen LogP contribution in [0.3, 0.4) is 0 Å². The zero-order valence-corrected chi connectivity index (χ0v) is 27.7. The first-order chi connectivity index (χ1) is 23.8. The molecule has 0 spiro atoms. The van der Waals surface area contributed by atoms with Gasteiger partial charge in [0.1, 0.15) is 17.1 Å². The summed E-state index contributed by atoms with van der Waals surface area (Å²) >= 11 is 6.12. The maximum Gasteiger partial charge on any atom is 0.461 e. The average Bonchev–Trinajstić information content (AvgIpc) is 3.06. The van der Waals surface area contributed by atoms with Crippen LogP contribution in [0.5, 0.6) is 5.75 Å². The molecule has 0 aliphatic heterocycles. The largest absolute Gasteiger partial charge is 0.481 e. The molecule has 9 nitrogen and oxygen atoms in total. The molecule has 50 heavy (non-hydrogen) atoms. The second-order valence-corrected chi connectivity index (χ2v) is 12.6. The number of benzene rings is 2. The summed E-state index contributed by atoms with van der Waals surface area (Å²) < 4.78 is 73.5. The molecule has 1 aliphatic rings. The van der Waals surface area contributed by atoms with Gasteiger partial charge in [0.2, 0.25) is 5.91 Å². The Morgan fingerprint density at radius 2 is 1.74 bits per heavy atom. The number of carboxylic acids is 1. The highest BCUT2D eigenvalue weighted by atomic mass is 35.5. The summed E-state index contributed by atoms with van der Waals surface area (Å²) in [5.74, 6) is -3.76. The summed E-state index contributed by atoms with van der Waals surface area (Å²) in [6, 6.07) is 12.6. The second-order valence-electron chi connectivity index (χ2n) is 12.2. The fraction of sp³-hybridized carbons (Fsp3) is 0.429. The van der Waals surface area contributed by atoms with Gasteiger partial charge in [-0.3, -0.25) is 14.6 Å². The zero-order valence-electron chi connectivity index (χ0n) is 26.9. The van der Waals surface area contributed by atoms with Crippen LogP contribution >= 0.6 is 11.6 Å². The number of amides is 3. The van der Waals surface area contributed by atoms with Gasteiger partial charge in [-0.15, -0.1) is 0 Å². The number of unbranched alkanes of at least 4 members (excludes halogenated alkanes) is 2. The van der Waals surface area contributed by atoms with Crippen LogP contribution in [-0.4, -0.2) is 53.1 Å². The average molecular weight is 725 g/mol. The lowest BCUT2D eigenvalue weighted by atomic mass is 9.80. The van der Waals surface area contributed by atoms with Crippen molar-refractivity contribution in [1.29, 1.82) is 0 Å². The first-order valence-electron chi connectivity index (χ1n) is 16.2. The predicted octanol–water partition coefficient (Wildman–Crippen LogP) is 7.22. The van der Waals surface area contributed by atoms with Crippen molar-refractivity contribution in [2.75, 3.05) is 6.54 Å². The van der Waals surface area contributed by atoms with E-state index in [0.717, 1.165) is 25.0 Å². The van der Waals surface area contributed by atoms with Gasteiger partial charge in [-0.1, -0.05) is 61.2 Å². The molecule has 3 atom stereocenters. The number of rotatable bonds is 16. The number of nitrogens with zero attached hydrogens (tertiary/aromatic N) is 1. The first-order valence-corrected chi connectivity index (χ1v) is 16.6. The number of carbonyl (C=O) groups is 3. The van der Waals surface area contributed by atoms with Crippen molar-refractivity contribution in [3.05, 3.63) is 94.5 Å². The fourth-order valence-corrected chi connectivity index (χ4v) is 6.17. The van der Waals surface area contributed by atoms with E-state index in [1.807, 2.05) is 0 Å². The quantitative estimate of drug-likeness (QED) is 0.0913. The van der Waals surface area contributed by atoms with Gasteiger partial charge < -0.3 is 25.8 Å². The van der Waals surface area contributed by atoms with Crippen molar-refractivity contribution < 1.29 is 46.2 Å². The Kier molecular flexibility index (Phi) is 13.4. The number of hydrogen-bond donors (Lipinski definition) is 4. The minimum Gasteiger partial charge on any atom is -0.481 e. The molecular weight excluding hydrogens is 687 g/mol. The monoisotopic (exact) mass is 724 g/mol. The summed E-state index contributed by atoms with van der Waals surface area (Å²) in [4.78, 5) is 42.3. The Labute approximate surface area is 291 Å². The number of carbonyl (C=O) groups excluding carboxylic acids is 2. The van der Waals surface area contributed by atoms with Crippen molar-refractivity contribution in [3.8, 4) is 5.75 Å². The maximum absolute atomic E-state index is 15.2. The Morgan fingerprint density at radius 3 is 2.42 bits per heavy atom. The lowest BCUT2D eigenvalue weighted by Gasteiger charge is -2.37. The molecule has 1 saturated carbocycles. The minimum atomic E-state index is -4.94. The van der Waals surface area contributed by atoms with E-state index in [1.54, 1.807) is 30.3 Å². The zero-order chi connectivity index (χ0) is 36.3. The van der Waals surface area contributed by atoms with Crippen LogP contribution in [0.1, 0.15) is 68.2 Å². The van der Waals surface area contributed by atoms with Crippen LogP contribution < -0.4 is 20.7 Å². The number of nitrogens with one attached hydrogen (secondary N) is 3. The molecule has 15 heteroatoms. The molecule has 1 fully saturated rings. The summed E-state index contributed by atoms with van der Waals surface area (Å²) in [7, 11) is 0. The fourth-order valence-electron chi connectivity index (χ4n) is 6.06. The van der Waals surface area contributed by atoms with Gasteiger partial charge in [0, 0.05) is 37.7 Å². The van der Waals surface area contributed by atoms with E-state index >= 15 is 4.39 Å². The van der Waals surface area contributed by atoms with Gasteiger partial charge in [0.15, 0.2) is 0 Å². The predicted molar refractivity (Wildman–Crippen MR) is 175 cm³/mol. The Balaban J connectivity index is 1.67. The Morgan fingerprint density at radius 1 is 1.00 bits per heavy atom. The number of hydrogen-bond acceptors (Lipinski definition) is 5. The highest BCUT2D eigenvalue weighted by Crippen LogP contribution is 2.37. The molecule has 0 saturated heterocycles. The van der Waals surface area contributed by atoms with Crippen LogP contribution in [0.2, 0.25) is 5.02 Å². The standard InChI is InChI=1S/C35H38ClF5N4O5/c36-24-14-15-29(43-21-24)34(20-22-9-3-1-4-10-22,23-17-25(37)19-26(18-23)50-35(40,41)32(38)39)45-33(49)44-28-12-7-6-11-27(28)31(48)42-16-8-2-5-13-30(46)47/h1,3-4,9-10,14-15,17-19,21,27-28,32H,2,5-8,11-13,16,20H2,(H,42,48)(H,46,47)(H2,44,45,49)/t27-,28+,34-/m0/s1. The topological polar surface area (TPSA) is 130 Å². The Hall–Kier alpha value is -4.46. The molecule has 1 aliphatic carbocycles. The molecule has 3 amide bonds. The molecule has 4 N–H and O–H groups in total.